The number of carbonyl (C=O) groups is 1. The van der Waals surface area contributed by atoms with Crippen molar-refractivity contribution in [3.63, 3.8) is 0 Å². The summed E-state index contributed by atoms with van der Waals surface area (Å²) >= 11 is 1.56. The summed E-state index contributed by atoms with van der Waals surface area (Å²) in [6.07, 6.45) is 2.15. The predicted molar refractivity (Wildman–Crippen MR) is 47.2 cm³/mol. The Hall–Kier alpha value is -0.900. The molecule has 1 aromatic rings. The first-order valence-corrected chi connectivity index (χ1v) is 4.58. The summed E-state index contributed by atoms with van der Waals surface area (Å²) in [6.45, 7) is 1.97. The van der Waals surface area contributed by atoms with Gasteiger partial charge in [-0.05, 0) is 0 Å². The zero-order valence-corrected chi connectivity index (χ0v) is 7.93. The van der Waals surface area contributed by atoms with Crippen molar-refractivity contribution < 1.29 is 9.53 Å². The molecule has 0 aliphatic carbocycles. The summed E-state index contributed by atoms with van der Waals surface area (Å²) < 4.78 is 4.56. The topological polar surface area (TPSA) is 39.2 Å². The van der Waals surface area contributed by atoms with Gasteiger partial charge in [0, 0.05) is 17.5 Å². The lowest BCUT2D eigenvalue weighted by Gasteiger charge is -2.04. The van der Waals surface area contributed by atoms with E-state index < -0.39 is 0 Å². The van der Waals surface area contributed by atoms with Gasteiger partial charge in [-0.2, -0.15) is 0 Å². The number of hydrogen-bond donors (Lipinski definition) is 0. The first kappa shape index (κ1) is 9.19. The van der Waals surface area contributed by atoms with Crippen molar-refractivity contribution in [2.24, 2.45) is 0 Å². The SMILES string of the molecule is COC(=O)CC(C)c1nccs1. The fraction of sp³-hybridized carbons (Fsp3) is 0.500. The van der Waals surface area contributed by atoms with Crippen LogP contribution in [0.25, 0.3) is 0 Å². The molecule has 0 aromatic carbocycles. The van der Waals surface area contributed by atoms with Crippen molar-refractivity contribution in [2.45, 2.75) is 19.3 Å². The van der Waals surface area contributed by atoms with E-state index in [1.54, 1.807) is 17.5 Å². The van der Waals surface area contributed by atoms with Crippen LogP contribution in [0.5, 0.6) is 0 Å². The molecule has 1 aromatic heterocycles. The highest BCUT2D eigenvalue weighted by Crippen LogP contribution is 2.20. The molecule has 0 aliphatic heterocycles. The van der Waals surface area contributed by atoms with Crippen molar-refractivity contribution in [3.05, 3.63) is 16.6 Å². The van der Waals surface area contributed by atoms with Gasteiger partial charge in [-0.1, -0.05) is 6.92 Å². The highest BCUT2D eigenvalue weighted by molar-refractivity contribution is 7.09. The van der Waals surface area contributed by atoms with Crippen molar-refractivity contribution in [3.8, 4) is 0 Å². The molecule has 0 bridgehead atoms. The van der Waals surface area contributed by atoms with E-state index in [-0.39, 0.29) is 11.9 Å². The first-order valence-electron chi connectivity index (χ1n) is 3.70. The van der Waals surface area contributed by atoms with Crippen LogP contribution in [0.4, 0.5) is 0 Å². The molecular weight excluding hydrogens is 174 g/mol. The summed E-state index contributed by atoms with van der Waals surface area (Å²) in [7, 11) is 1.40. The molecule has 1 heterocycles. The van der Waals surface area contributed by atoms with E-state index in [1.165, 1.54) is 7.11 Å². The van der Waals surface area contributed by atoms with Gasteiger partial charge in [-0.3, -0.25) is 4.79 Å². The van der Waals surface area contributed by atoms with Crippen LogP contribution in [0.15, 0.2) is 11.6 Å². The summed E-state index contributed by atoms with van der Waals surface area (Å²) in [5, 5.41) is 2.89. The van der Waals surface area contributed by atoms with Crippen molar-refractivity contribution in [1.29, 1.82) is 0 Å². The quantitative estimate of drug-likeness (QED) is 0.674. The molecule has 0 fully saturated rings. The van der Waals surface area contributed by atoms with Crippen LogP contribution >= 0.6 is 11.3 Å². The van der Waals surface area contributed by atoms with Gasteiger partial charge >= 0.3 is 5.97 Å². The molecule has 0 aliphatic rings. The van der Waals surface area contributed by atoms with Crippen molar-refractivity contribution in [2.75, 3.05) is 7.11 Å². The lowest BCUT2D eigenvalue weighted by atomic mass is 10.1. The van der Waals surface area contributed by atoms with Gasteiger partial charge in [0.15, 0.2) is 0 Å². The molecule has 0 saturated carbocycles. The molecule has 0 amide bonds. The maximum Gasteiger partial charge on any atom is 0.306 e. The minimum absolute atomic E-state index is 0.164. The number of rotatable bonds is 3. The number of thiazole rings is 1. The first-order chi connectivity index (χ1) is 5.74. The number of ether oxygens (including phenoxy) is 1. The van der Waals surface area contributed by atoms with Crippen LogP contribution in [0.1, 0.15) is 24.3 Å². The molecule has 1 unspecified atom stereocenters. The van der Waals surface area contributed by atoms with E-state index in [2.05, 4.69) is 9.72 Å². The van der Waals surface area contributed by atoms with Crippen LogP contribution in [0, 0.1) is 0 Å². The zero-order valence-electron chi connectivity index (χ0n) is 7.11. The van der Waals surface area contributed by atoms with E-state index in [0.717, 1.165) is 5.01 Å². The maximum atomic E-state index is 10.9. The van der Waals surface area contributed by atoms with E-state index in [4.69, 9.17) is 0 Å². The molecule has 3 nitrogen and oxygen atoms in total. The zero-order chi connectivity index (χ0) is 8.97. The second-order valence-electron chi connectivity index (χ2n) is 2.55. The molecule has 1 atom stereocenters. The number of methoxy groups -OCH3 is 1. The molecule has 66 valence electrons. The number of esters is 1. The minimum atomic E-state index is -0.183. The van der Waals surface area contributed by atoms with Crippen molar-refractivity contribution >= 4 is 17.3 Å². The average molecular weight is 185 g/mol. The molecule has 1 rings (SSSR count). The van der Waals surface area contributed by atoms with Gasteiger partial charge in [0.2, 0.25) is 0 Å². The van der Waals surface area contributed by atoms with Gasteiger partial charge in [0.1, 0.15) is 0 Å². The highest BCUT2D eigenvalue weighted by Gasteiger charge is 2.12. The standard InChI is InChI=1S/C8H11NO2S/c1-6(5-7(10)11-2)8-9-3-4-12-8/h3-4,6H,5H2,1-2H3. The van der Waals surface area contributed by atoms with Crippen LogP contribution < -0.4 is 0 Å². The average Bonchev–Trinajstić information content (AvgIpc) is 2.56. The molecule has 12 heavy (non-hydrogen) atoms. The van der Waals surface area contributed by atoms with Gasteiger partial charge in [0.25, 0.3) is 0 Å². The maximum absolute atomic E-state index is 10.9. The Labute approximate surface area is 75.4 Å². The normalized spacial score (nSPS) is 12.5. The monoisotopic (exact) mass is 185 g/mol. The second-order valence-corrected chi connectivity index (χ2v) is 3.48. The molecule has 0 radical (unpaired) electrons. The Balaban J connectivity index is 2.49. The molecule has 4 heteroatoms. The van der Waals surface area contributed by atoms with Crippen LogP contribution in [-0.2, 0) is 9.53 Å². The fourth-order valence-corrected chi connectivity index (χ4v) is 1.60. The van der Waals surface area contributed by atoms with Gasteiger partial charge in [-0.25, -0.2) is 4.98 Å². The fourth-order valence-electron chi connectivity index (χ4n) is 0.898. The third kappa shape index (κ3) is 2.30. The van der Waals surface area contributed by atoms with Gasteiger partial charge in [-0.15, -0.1) is 11.3 Å². The third-order valence-corrected chi connectivity index (χ3v) is 2.58. The van der Waals surface area contributed by atoms with Gasteiger partial charge in [0.05, 0.1) is 18.5 Å². The van der Waals surface area contributed by atoms with E-state index >= 15 is 0 Å². The number of nitrogens with zero attached hydrogens (tertiary/aromatic N) is 1. The van der Waals surface area contributed by atoms with Crippen LogP contribution in [0.2, 0.25) is 0 Å². The lowest BCUT2D eigenvalue weighted by molar-refractivity contribution is -0.140. The molecule has 0 saturated heterocycles. The van der Waals surface area contributed by atoms with Crippen molar-refractivity contribution in [1.82, 2.24) is 4.98 Å². The van der Waals surface area contributed by atoms with E-state index in [0.29, 0.717) is 6.42 Å². The Morgan fingerprint density at radius 3 is 3.08 bits per heavy atom. The van der Waals surface area contributed by atoms with E-state index in [1.807, 2.05) is 12.3 Å². The highest BCUT2D eigenvalue weighted by atomic mass is 32.1. The Bertz CT molecular complexity index is 246. The summed E-state index contributed by atoms with van der Waals surface area (Å²) in [5.74, 6) is -0.0184. The summed E-state index contributed by atoms with van der Waals surface area (Å²) in [6, 6.07) is 0. The number of hydrogen-bond acceptors (Lipinski definition) is 4. The Morgan fingerprint density at radius 2 is 2.58 bits per heavy atom. The smallest absolute Gasteiger partial charge is 0.306 e. The summed E-state index contributed by atoms with van der Waals surface area (Å²) in [4.78, 5) is 15.0. The molecule has 0 spiro atoms. The Morgan fingerprint density at radius 1 is 1.83 bits per heavy atom. The second kappa shape index (κ2) is 4.21. The third-order valence-electron chi connectivity index (χ3n) is 1.57. The van der Waals surface area contributed by atoms with Crippen LogP contribution in [0.3, 0.4) is 0 Å². The molecule has 0 N–H and O–H groups in total. The van der Waals surface area contributed by atoms with Gasteiger partial charge < -0.3 is 4.74 Å². The number of carbonyl (C=O) groups excluding carboxylic acids is 1. The lowest BCUT2D eigenvalue weighted by Crippen LogP contribution is -2.05. The number of aromatic nitrogens is 1. The minimum Gasteiger partial charge on any atom is -0.469 e. The summed E-state index contributed by atoms with van der Waals surface area (Å²) in [5.41, 5.74) is 0. The molecular formula is C8H11NO2S. The predicted octanol–water partition coefficient (Wildman–Crippen LogP) is 1.81. The van der Waals surface area contributed by atoms with Crippen LogP contribution in [-0.4, -0.2) is 18.1 Å². The van der Waals surface area contributed by atoms with E-state index in [9.17, 15) is 4.79 Å². The Kier molecular flexibility index (Phi) is 3.22. The largest absolute Gasteiger partial charge is 0.469 e.